The Morgan fingerprint density at radius 3 is 2.85 bits per heavy atom. The summed E-state index contributed by atoms with van der Waals surface area (Å²) in [6.07, 6.45) is 0. The second kappa shape index (κ2) is 6.63. The highest BCUT2D eigenvalue weighted by molar-refractivity contribution is 7.09. The maximum Gasteiger partial charge on any atom is 0.238 e. The summed E-state index contributed by atoms with van der Waals surface area (Å²) in [5.74, 6) is -0.0368. The standard InChI is InChI=1S/C15H19N3OS/c1-10(2)16-8-15(19)18-13-6-4-5-12(7-13)14-9-20-11(3)17-14/h4-7,9-10,16H,8H2,1-3H3,(H,18,19). The molecule has 1 amide bonds. The van der Waals surface area contributed by atoms with E-state index in [4.69, 9.17) is 0 Å². The van der Waals surface area contributed by atoms with Crippen molar-refractivity contribution in [2.24, 2.45) is 0 Å². The summed E-state index contributed by atoms with van der Waals surface area (Å²) in [5.41, 5.74) is 2.76. The molecule has 2 aromatic rings. The monoisotopic (exact) mass is 289 g/mol. The minimum absolute atomic E-state index is 0.0368. The third-order valence-corrected chi connectivity index (χ3v) is 3.51. The lowest BCUT2D eigenvalue weighted by atomic mass is 10.1. The Morgan fingerprint density at radius 2 is 2.20 bits per heavy atom. The lowest BCUT2D eigenvalue weighted by Crippen LogP contribution is -2.32. The van der Waals surface area contributed by atoms with Crippen LogP contribution in [-0.4, -0.2) is 23.5 Å². The third-order valence-electron chi connectivity index (χ3n) is 2.73. The number of thiazole rings is 1. The molecule has 5 heteroatoms. The number of nitrogens with one attached hydrogen (secondary N) is 2. The van der Waals surface area contributed by atoms with Gasteiger partial charge in [-0.3, -0.25) is 4.79 Å². The van der Waals surface area contributed by atoms with Crippen molar-refractivity contribution in [3.8, 4) is 11.3 Å². The topological polar surface area (TPSA) is 54.0 Å². The number of hydrogen-bond donors (Lipinski definition) is 2. The summed E-state index contributed by atoms with van der Waals surface area (Å²) in [5, 5.41) is 9.04. The van der Waals surface area contributed by atoms with E-state index in [1.54, 1.807) is 11.3 Å². The van der Waals surface area contributed by atoms with Gasteiger partial charge in [-0.25, -0.2) is 4.98 Å². The quantitative estimate of drug-likeness (QED) is 0.889. The summed E-state index contributed by atoms with van der Waals surface area (Å²) < 4.78 is 0. The van der Waals surface area contributed by atoms with E-state index in [-0.39, 0.29) is 5.91 Å². The van der Waals surface area contributed by atoms with E-state index in [9.17, 15) is 4.79 Å². The molecule has 0 bridgehead atoms. The first kappa shape index (κ1) is 14.7. The molecule has 1 heterocycles. The zero-order valence-corrected chi connectivity index (χ0v) is 12.8. The molecular weight excluding hydrogens is 270 g/mol. The fourth-order valence-corrected chi connectivity index (χ4v) is 2.38. The van der Waals surface area contributed by atoms with Crippen LogP contribution in [0.1, 0.15) is 18.9 Å². The number of hydrogen-bond acceptors (Lipinski definition) is 4. The Labute approximate surface area is 123 Å². The molecule has 4 nitrogen and oxygen atoms in total. The van der Waals surface area contributed by atoms with Crippen LogP contribution in [0.25, 0.3) is 11.3 Å². The van der Waals surface area contributed by atoms with Crippen LogP contribution in [0.2, 0.25) is 0 Å². The summed E-state index contributed by atoms with van der Waals surface area (Å²) in [6, 6.07) is 8.05. The first-order chi connectivity index (χ1) is 9.54. The second-order valence-electron chi connectivity index (χ2n) is 4.92. The molecule has 0 aliphatic rings. The molecule has 0 atom stereocenters. The molecule has 0 saturated carbocycles. The molecule has 20 heavy (non-hydrogen) atoms. The largest absolute Gasteiger partial charge is 0.325 e. The van der Waals surface area contributed by atoms with Crippen molar-refractivity contribution in [3.63, 3.8) is 0 Å². The molecule has 0 aliphatic heterocycles. The van der Waals surface area contributed by atoms with Crippen molar-refractivity contribution >= 4 is 22.9 Å². The SMILES string of the molecule is Cc1nc(-c2cccc(NC(=O)CNC(C)C)c2)cs1. The number of carbonyl (C=O) groups is 1. The Morgan fingerprint density at radius 1 is 1.40 bits per heavy atom. The fourth-order valence-electron chi connectivity index (χ4n) is 1.75. The Bertz CT molecular complexity index is 592. The molecule has 2 N–H and O–H groups in total. The van der Waals surface area contributed by atoms with Crippen molar-refractivity contribution in [1.82, 2.24) is 10.3 Å². The fraction of sp³-hybridized carbons (Fsp3) is 0.333. The maximum atomic E-state index is 11.8. The number of benzene rings is 1. The zero-order valence-electron chi connectivity index (χ0n) is 11.9. The molecule has 0 aliphatic carbocycles. The van der Waals surface area contributed by atoms with Crippen LogP contribution in [0.5, 0.6) is 0 Å². The highest BCUT2D eigenvalue weighted by atomic mass is 32.1. The van der Waals surface area contributed by atoms with Crippen LogP contribution >= 0.6 is 11.3 Å². The van der Waals surface area contributed by atoms with Crippen LogP contribution in [0.15, 0.2) is 29.6 Å². The number of anilines is 1. The van der Waals surface area contributed by atoms with E-state index < -0.39 is 0 Å². The molecule has 1 aromatic heterocycles. The predicted molar refractivity (Wildman–Crippen MR) is 84.1 cm³/mol. The third kappa shape index (κ3) is 4.15. The summed E-state index contributed by atoms with van der Waals surface area (Å²) in [6.45, 7) is 6.33. The number of carbonyl (C=O) groups excluding carboxylic acids is 1. The van der Waals surface area contributed by atoms with Gasteiger partial charge in [0.1, 0.15) is 0 Å². The normalized spacial score (nSPS) is 10.8. The van der Waals surface area contributed by atoms with Crippen LogP contribution in [-0.2, 0) is 4.79 Å². The minimum atomic E-state index is -0.0368. The second-order valence-corrected chi connectivity index (χ2v) is 5.98. The minimum Gasteiger partial charge on any atom is -0.325 e. The predicted octanol–water partition coefficient (Wildman–Crippen LogP) is 3.06. The molecule has 0 radical (unpaired) electrons. The van der Waals surface area contributed by atoms with Gasteiger partial charge in [0.05, 0.1) is 17.2 Å². The van der Waals surface area contributed by atoms with Gasteiger partial charge in [0.2, 0.25) is 5.91 Å². The van der Waals surface area contributed by atoms with E-state index in [0.717, 1.165) is 22.0 Å². The highest BCUT2D eigenvalue weighted by Crippen LogP contribution is 2.24. The molecule has 106 valence electrons. The van der Waals surface area contributed by atoms with Crippen molar-refractivity contribution in [3.05, 3.63) is 34.7 Å². The van der Waals surface area contributed by atoms with Gasteiger partial charge in [0, 0.05) is 22.7 Å². The number of aromatic nitrogens is 1. The molecule has 0 unspecified atom stereocenters. The zero-order chi connectivity index (χ0) is 14.5. The van der Waals surface area contributed by atoms with E-state index in [1.165, 1.54) is 0 Å². The van der Waals surface area contributed by atoms with Gasteiger partial charge in [-0.1, -0.05) is 26.0 Å². The average molecular weight is 289 g/mol. The van der Waals surface area contributed by atoms with E-state index in [2.05, 4.69) is 15.6 Å². The van der Waals surface area contributed by atoms with E-state index in [0.29, 0.717) is 12.6 Å². The highest BCUT2D eigenvalue weighted by Gasteiger charge is 2.06. The van der Waals surface area contributed by atoms with Gasteiger partial charge in [0.15, 0.2) is 0 Å². The van der Waals surface area contributed by atoms with Crippen molar-refractivity contribution in [1.29, 1.82) is 0 Å². The van der Waals surface area contributed by atoms with Gasteiger partial charge in [0.25, 0.3) is 0 Å². The van der Waals surface area contributed by atoms with Crippen LogP contribution in [0, 0.1) is 6.92 Å². The number of nitrogens with zero attached hydrogens (tertiary/aromatic N) is 1. The number of amides is 1. The first-order valence-corrected chi connectivity index (χ1v) is 7.48. The van der Waals surface area contributed by atoms with E-state index >= 15 is 0 Å². The summed E-state index contributed by atoms with van der Waals surface area (Å²) in [7, 11) is 0. The van der Waals surface area contributed by atoms with Gasteiger partial charge in [-0.15, -0.1) is 11.3 Å². The molecular formula is C15H19N3OS. The molecule has 0 saturated heterocycles. The maximum absolute atomic E-state index is 11.8. The molecule has 2 rings (SSSR count). The first-order valence-electron chi connectivity index (χ1n) is 6.60. The molecule has 1 aromatic carbocycles. The number of rotatable bonds is 5. The Kier molecular flexibility index (Phi) is 4.87. The lowest BCUT2D eigenvalue weighted by Gasteiger charge is -2.09. The lowest BCUT2D eigenvalue weighted by molar-refractivity contribution is -0.115. The molecule has 0 fully saturated rings. The molecule has 0 spiro atoms. The smallest absolute Gasteiger partial charge is 0.238 e. The van der Waals surface area contributed by atoms with Gasteiger partial charge >= 0.3 is 0 Å². The van der Waals surface area contributed by atoms with Gasteiger partial charge in [-0.05, 0) is 19.1 Å². The van der Waals surface area contributed by atoms with Gasteiger partial charge in [-0.2, -0.15) is 0 Å². The van der Waals surface area contributed by atoms with E-state index in [1.807, 2.05) is 50.4 Å². The van der Waals surface area contributed by atoms with Crippen molar-refractivity contribution in [2.75, 3.05) is 11.9 Å². The summed E-state index contributed by atoms with van der Waals surface area (Å²) >= 11 is 1.62. The van der Waals surface area contributed by atoms with Gasteiger partial charge < -0.3 is 10.6 Å². The van der Waals surface area contributed by atoms with Crippen LogP contribution in [0.4, 0.5) is 5.69 Å². The van der Waals surface area contributed by atoms with Crippen LogP contribution in [0.3, 0.4) is 0 Å². The van der Waals surface area contributed by atoms with Crippen molar-refractivity contribution < 1.29 is 4.79 Å². The Balaban J connectivity index is 2.05. The van der Waals surface area contributed by atoms with Crippen LogP contribution < -0.4 is 10.6 Å². The Hall–Kier alpha value is -1.72. The average Bonchev–Trinajstić information content (AvgIpc) is 2.83. The van der Waals surface area contributed by atoms with Crippen molar-refractivity contribution in [2.45, 2.75) is 26.8 Å². The number of aryl methyl sites for hydroxylation is 1. The summed E-state index contributed by atoms with van der Waals surface area (Å²) in [4.78, 5) is 16.2.